The molecule has 0 amide bonds. The van der Waals surface area contributed by atoms with Crippen LogP contribution in [0.1, 0.15) is 11.1 Å². The van der Waals surface area contributed by atoms with Crippen molar-refractivity contribution in [1.82, 2.24) is 0 Å². The zero-order chi connectivity index (χ0) is 14.5. The van der Waals surface area contributed by atoms with E-state index in [4.69, 9.17) is 0 Å². The largest absolute Gasteiger partial charge is 0.612 e. The van der Waals surface area contributed by atoms with Crippen LogP contribution in [0.25, 0.3) is 6.08 Å². The van der Waals surface area contributed by atoms with Gasteiger partial charge in [-0.1, -0.05) is 23.5 Å². The topological polar surface area (TPSA) is 66.2 Å². The van der Waals surface area contributed by atoms with Crippen LogP contribution in [-0.4, -0.2) is 9.48 Å². The molecule has 2 rings (SSSR count). The first kappa shape index (κ1) is 15.5. The molecular formula is C13H10INO3S2. The Morgan fingerprint density at radius 1 is 1.35 bits per heavy atom. The first-order chi connectivity index (χ1) is 9.54. The summed E-state index contributed by atoms with van der Waals surface area (Å²) in [6, 6.07) is 9.31. The highest BCUT2D eigenvalue weighted by molar-refractivity contribution is 14.1. The number of nitro groups is 1. The van der Waals surface area contributed by atoms with Crippen LogP contribution in [0, 0.1) is 13.7 Å². The van der Waals surface area contributed by atoms with Gasteiger partial charge in [-0.25, -0.2) is 0 Å². The summed E-state index contributed by atoms with van der Waals surface area (Å²) >= 11 is 2.16. The van der Waals surface area contributed by atoms with Gasteiger partial charge in [-0.05, 0) is 57.5 Å². The van der Waals surface area contributed by atoms with Gasteiger partial charge in [0.15, 0.2) is 0 Å². The maximum Gasteiger partial charge on any atom is 0.324 e. The molecular weight excluding hydrogens is 409 g/mol. The van der Waals surface area contributed by atoms with Crippen molar-refractivity contribution in [2.75, 3.05) is 0 Å². The molecule has 20 heavy (non-hydrogen) atoms. The molecule has 0 aliphatic rings. The molecule has 0 aliphatic heterocycles. The van der Waals surface area contributed by atoms with E-state index in [2.05, 4.69) is 22.6 Å². The Morgan fingerprint density at radius 3 is 2.65 bits per heavy atom. The van der Waals surface area contributed by atoms with E-state index in [0.29, 0.717) is 11.3 Å². The molecule has 2 aromatic rings. The molecule has 1 aromatic carbocycles. The van der Waals surface area contributed by atoms with Gasteiger partial charge in [0, 0.05) is 20.6 Å². The summed E-state index contributed by atoms with van der Waals surface area (Å²) in [6.07, 6.45) is 1.66. The maximum atomic E-state index is 11.9. The van der Waals surface area contributed by atoms with Gasteiger partial charge in [-0.15, -0.1) is 0 Å². The smallest absolute Gasteiger partial charge is 0.324 e. The van der Waals surface area contributed by atoms with Crippen molar-refractivity contribution >= 4 is 56.2 Å². The molecule has 1 unspecified atom stereocenters. The highest BCUT2D eigenvalue weighted by Gasteiger charge is 2.09. The van der Waals surface area contributed by atoms with E-state index in [1.54, 1.807) is 16.9 Å². The van der Waals surface area contributed by atoms with Gasteiger partial charge in [0.2, 0.25) is 0 Å². The van der Waals surface area contributed by atoms with Crippen LogP contribution >= 0.6 is 33.9 Å². The molecule has 0 aliphatic carbocycles. The summed E-state index contributed by atoms with van der Waals surface area (Å²) < 4.78 is 13.0. The number of thiophene rings is 1. The SMILES string of the molecule is O=[N+]([O-])c1cc(C=C[S+]([O-])Cc2ccc(I)cc2)cs1. The average molecular weight is 419 g/mol. The quantitative estimate of drug-likeness (QED) is 0.316. The van der Waals surface area contributed by atoms with Crippen molar-refractivity contribution in [3.05, 3.63) is 65.9 Å². The molecule has 0 radical (unpaired) electrons. The Kier molecular flexibility index (Phi) is 5.58. The van der Waals surface area contributed by atoms with E-state index in [1.807, 2.05) is 24.3 Å². The van der Waals surface area contributed by atoms with Crippen LogP contribution in [0.15, 0.2) is 41.1 Å². The lowest BCUT2D eigenvalue weighted by Gasteiger charge is -2.05. The van der Waals surface area contributed by atoms with Gasteiger partial charge in [0.1, 0.15) is 11.2 Å². The minimum Gasteiger partial charge on any atom is -0.612 e. The Labute approximate surface area is 137 Å². The van der Waals surface area contributed by atoms with Gasteiger partial charge >= 0.3 is 5.00 Å². The number of rotatable bonds is 5. The maximum absolute atomic E-state index is 11.9. The third kappa shape index (κ3) is 4.58. The van der Waals surface area contributed by atoms with E-state index in [0.717, 1.165) is 20.5 Å². The van der Waals surface area contributed by atoms with Crippen LogP contribution in [0.4, 0.5) is 5.00 Å². The first-order valence-electron chi connectivity index (χ1n) is 5.57. The molecule has 1 heterocycles. The summed E-state index contributed by atoms with van der Waals surface area (Å²) in [4.78, 5) is 10.1. The summed E-state index contributed by atoms with van der Waals surface area (Å²) in [5.74, 6) is 0.444. The van der Waals surface area contributed by atoms with Crippen molar-refractivity contribution in [2.45, 2.75) is 5.75 Å². The van der Waals surface area contributed by atoms with Crippen molar-refractivity contribution in [1.29, 1.82) is 0 Å². The van der Waals surface area contributed by atoms with Crippen LogP contribution in [0.2, 0.25) is 0 Å². The second-order valence-corrected chi connectivity index (χ2v) is 7.39. The lowest BCUT2D eigenvalue weighted by molar-refractivity contribution is -0.380. The summed E-state index contributed by atoms with van der Waals surface area (Å²) in [6.45, 7) is 0. The van der Waals surface area contributed by atoms with Gasteiger partial charge in [0.25, 0.3) is 0 Å². The van der Waals surface area contributed by atoms with Gasteiger partial charge in [-0.2, -0.15) is 0 Å². The summed E-state index contributed by atoms with van der Waals surface area (Å²) in [5, 5.41) is 13.9. The zero-order valence-electron chi connectivity index (χ0n) is 10.2. The molecule has 0 saturated heterocycles. The molecule has 1 atom stereocenters. The normalized spacial score (nSPS) is 12.7. The molecule has 0 fully saturated rings. The number of nitrogens with zero attached hydrogens (tertiary/aromatic N) is 1. The van der Waals surface area contributed by atoms with Crippen molar-refractivity contribution in [3.8, 4) is 0 Å². The monoisotopic (exact) mass is 419 g/mol. The van der Waals surface area contributed by atoms with E-state index in [-0.39, 0.29) is 5.00 Å². The number of hydrogen-bond acceptors (Lipinski definition) is 4. The second-order valence-electron chi connectivity index (χ2n) is 3.93. The second kappa shape index (κ2) is 7.21. The molecule has 0 saturated carbocycles. The lowest BCUT2D eigenvalue weighted by atomic mass is 10.2. The Hall–Kier alpha value is -0.900. The minimum atomic E-state index is -1.13. The van der Waals surface area contributed by atoms with Crippen LogP contribution in [-0.2, 0) is 16.9 Å². The zero-order valence-corrected chi connectivity index (χ0v) is 14.0. The van der Waals surface area contributed by atoms with Crippen LogP contribution in [0.3, 0.4) is 0 Å². The Balaban J connectivity index is 1.96. The lowest BCUT2D eigenvalue weighted by Crippen LogP contribution is -1.99. The van der Waals surface area contributed by atoms with Crippen LogP contribution < -0.4 is 0 Å². The third-order valence-corrected chi connectivity index (χ3v) is 5.10. The molecule has 1 aromatic heterocycles. The molecule has 7 heteroatoms. The molecule has 0 N–H and O–H groups in total. The highest BCUT2D eigenvalue weighted by Crippen LogP contribution is 2.23. The third-order valence-electron chi connectivity index (χ3n) is 2.42. The summed E-state index contributed by atoms with van der Waals surface area (Å²) in [7, 11) is 0. The van der Waals surface area contributed by atoms with E-state index >= 15 is 0 Å². The highest BCUT2D eigenvalue weighted by atomic mass is 127. The standard InChI is InChI=1S/C13H10INO3S2/c14-12-3-1-10(2-4-12)9-20(18)6-5-11-7-13(15(16)17)19-8-11/h1-8H,9H2. The molecule has 104 valence electrons. The average Bonchev–Trinajstić information content (AvgIpc) is 2.88. The van der Waals surface area contributed by atoms with E-state index in [1.165, 1.54) is 6.07 Å². The predicted octanol–water partition coefficient (Wildman–Crippen LogP) is 4.18. The number of benzene rings is 1. The van der Waals surface area contributed by atoms with Gasteiger partial charge < -0.3 is 4.55 Å². The van der Waals surface area contributed by atoms with Crippen LogP contribution in [0.5, 0.6) is 0 Å². The van der Waals surface area contributed by atoms with Crippen molar-refractivity contribution < 1.29 is 9.48 Å². The minimum absolute atomic E-state index is 0.0908. The fourth-order valence-electron chi connectivity index (χ4n) is 1.47. The summed E-state index contributed by atoms with van der Waals surface area (Å²) in [5.41, 5.74) is 1.71. The van der Waals surface area contributed by atoms with Crippen molar-refractivity contribution in [2.24, 2.45) is 0 Å². The Bertz CT molecular complexity index is 625. The van der Waals surface area contributed by atoms with Crippen molar-refractivity contribution in [3.63, 3.8) is 0 Å². The molecule has 0 spiro atoms. The number of halogens is 1. The van der Waals surface area contributed by atoms with E-state index in [9.17, 15) is 14.7 Å². The Morgan fingerprint density at radius 2 is 2.05 bits per heavy atom. The molecule has 4 nitrogen and oxygen atoms in total. The first-order valence-corrected chi connectivity index (χ1v) is 8.91. The fourth-order valence-corrected chi connectivity index (χ4v) is 3.45. The fraction of sp³-hybridized carbons (Fsp3) is 0.0769. The van der Waals surface area contributed by atoms with E-state index < -0.39 is 16.1 Å². The number of hydrogen-bond donors (Lipinski definition) is 0. The molecule has 0 bridgehead atoms. The van der Waals surface area contributed by atoms with Gasteiger partial charge in [-0.3, -0.25) is 10.1 Å². The predicted molar refractivity (Wildman–Crippen MR) is 91.0 cm³/mol. The van der Waals surface area contributed by atoms with Gasteiger partial charge in [0.05, 0.1) is 4.92 Å².